The van der Waals surface area contributed by atoms with Gasteiger partial charge in [0.25, 0.3) is 5.69 Å². The van der Waals surface area contributed by atoms with Crippen molar-refractivity contribution in [3.8, 4) is 0 Å². The summed E-state index contributed by atoms with van der Waals surface area (Å²) >= 11 is 0. The molecule has 1 aliphatic rings. The SMILES string of the molecule is CN(c1cnc2cc([N+](=O)[O-])ccc2n1)C1CCCN(C(=O)OC(C)(C)C)C1. The molecule has 0 saturated carbocycles. The summed E-state index contributed by atoms with van der Waals surface area (Å²) < 4.78 is 5.48. The minimum absolute atomic E-state index is 0.0109. The average Bonchev–Trinajstić information content (AvgIpc) is 2.65. The number of piperidine rings is 1. The first-order valence-corrected chi connectivity index (χ1v) is 9.26. The zero-order valence-electron chi connectivity index (χ0n) is 16.6. The number of likely N-dealkylation sites (N-methyl/N-ethyl adjacent to an activating group) is 1. The molecule has 1 amide bonds. The molecular weight excluding hydrogens is 362 g/mol. The van der Waals surface area contributed by atoms with Crippen molar-refractivity contribution < 1.29 is 14.5 Å². The molecule has 0 aliphatic carbocycles. The number of non-ortho nitro benzene ring substituents is 1. The van der Waals surface area contributed by atoms with Crippen molar-refractivity contribution in [2.75, 3.05) is 25.0 Å². The van der Waals surface area contributed by atoms with Gasteiger partial charge in [0.1, 0.15) is 11.4 Å². The minimum Gasteiger partial charge on any atom is -0.444 e. The van der Waals surface area contributed by atoms with Crippen molar-refractivity contribution in [1.82, 2.24) is 14.9 Å². The highest BCUT2D eigenvalue weighted by Crippen LogP contribution is 2.24. The lowest BCUT2D eigenvalue weighted by Crippen LogP contribution is -2.50. The number of anilines is 1. The fourth-order valence-corrected chi connectivity index (χ4v) is 3.22. The van der Waals surface area contributed by atoms with Gasteiger partial charge in [-0.3, -0.25) is 15.1 Å². The molecule has 1 aromatic heterocycles. The maximum atomic E-state index is 12.4. The van der Waals surface area contributed by atoms with E-state index in [1.165, 1.54) is 12.1 Å². The number of nitro benzene ring substituents is 1. The second-order valence-corrected chi connectivity index (χ2v) is 7.99. The Kier molecular flexibility index (Phi) is 5.35. The van der Waals surface area contributed by atoms with Crippen LogP contribution in [0.3, 0.4) is 0 Å². The van der Waals surface area contributed by atoms with E-state index in [0.29, 0.717) is 29.9 Å². The van der Waals surface area contributed by atoms with E-state index in [1.807, 2.05) is 32.7 Å². The van der Waals surface area contributed by atoms with Crippen LogP contribution in [0.5, 0.6) is 0 Å². The second-order valence-electron chi connectivity index (χ2n) is 7.99. The van der Waals surface area contributed by atoms with Crippen LogP contribution in [0.1, 0.15) is 33.6 Å². The standard InChI is InChI=1S/C19H25N5O4/c1-19(2,3)28-18(25)23-9-5-6-14(12-23)22(4)17-11-20-16-10-13(24(26)27)7-8-15(16)21-17/h7-8,10-11,14H,5-6,9,12H2,1-4H3. The van der Waals surface area contributed by atoms with Crippen LogP contribution in [-0.2, 0) is 4.74 Å². The molecule has 1 unspecified atom stereocenters. The number of rotatable bonds is 3. The van der Waals surface area contributed by atoms with Crippen LogP contribution in [0.4, 0.5) is 16.3 Å². The number of nitrogens with zero attached hydrogens (tertiary/aromatic N) is 5. The highest BCUT2D eigenvalue weighted by Gasteiger charge is 2.30. The predicted molar refractivity (Wildman–Crippen MR) is 105 cm³/mol. The first kappa shape index (κ1) is 19.8. The average molecular weight is 387 g/mol. The van der Waals surface area contributed by atoms with Gasteiger partial charge in [-0.25, -0.2) is 9.78 Å². The number of ether oxygens (including phenoxy) is 1. The summed E-state index contributed by atoms with van der Waals surface area (Å²) in [5.74, 6) is 0.664. The molecule has 0 bridgehead atoms. The Labute approximate surface area is 163 Å². The lowest BCUT2D eigenvalue weighted by atomic mass is 10.0. The summed E-state index contributed by atoms with van der Waals surface area (Å²) in [4.78, 5) is 35.5. The lowest BCUT2D eigenvalue weighted by molar-refractivity contribution is -0.384. The Balaban J connectivity index is 1.75. The molecule has 9 nitrogen and oxygen atoms in total. The van der Waals surface area contributed by atoms with Gasteiger partial charge in [0.2, 0.25) is 0 Å². The van der Waals surface area contributed by atoms with Gasteiger partial charge >= 0.3 is 6.09 Å². The Morgan fingerprint density at radius 2 is 2.11 bits per heavy atom. The van der Waals surface area contributed by atoms with Gasteiger partial charge in [0.05, 0.1) is 22.2 Å². The van der Waals surface area contributed by atoms with Gasteiger partial charge in [0.15, 0.2) is 0 Å². The van der Waals surface area contributed by atoms with Gasteiger partial charge < -0.3 is 14.5 Å². The summed E-state index contributed by atoms with van der Waals surface area (Å²) in [6.45, 7) is 6.78. The van der Waals surface area contributed by atoms with Crippen molar-refractivity contribution in [1.29, 1.82) is 0 Å². The number of carbonyl (C=O) groups is 1. The second kappa shape index (κ2) is 7.57. The number of fused-ring (bicyclic) bond motifs is 1. The molecule has 1 atom stereocenters. The van der Waals surface area contributed by atoms with Crippen LogP contribution in [0.15, 0.2) is 24.4 Å². The van der Waals surface area contributed by atoms with Crippen molar-refractivity contribution >= 4 is 28.6 Å². The van der Waals surface area contributed by atoms with Crippen LogP contribution in [0.2, 0.25) is 0 Å². The van der Waals surface area contributed by atoms with Crippen LogP contribution in [-0.4, -0.2) is 57.7 Å². The number of carbonyl (C=O) groups excluding carboxylic acids is 1. The van der Waals surface area contributed by atoms with Gasteiger partial charge in [-0.1, -0.05) is 0 Å². The summed E-state index contributed by atoms with van der Waals surface area (Å²) in [6.07, 6.45) is 3.11. The molecule has 0 radical (unpaired) electrons. The van der Waals surface area contributed by atoms with Gasteiger partial charge in [-0.05, 0) is 39.7 Å². The third kappa shape index (κ3) is 4.47. The first-order valence-electron chi connectivity index (χ1n) is 9.26. The topological polar surface area (TPSA) is 102 Å². The quantitative estimate of drug-likeness (QED) is 0.588. The van der Waals surface area contributed by atoms with Gasteiger partial charge in [-0.15, -0.1) is 0 Å². The van der Waals surface area contributed by atoms with Crippen molar-refractivity contribution in [3.63, 3.8) is 0 Å². The van der Waals surface area contributed by atoms with Crippen LogP contribution in [0, 0.1) is 10.1 Å². The number of hydrogen-bond donors (Lipinski definition) is 0. The highest BCUT2D eigenvalue weighted by atomic mass is 16.6. The Morgan fingerprint density at radius 1 is 1.36 bits per heavy atom. The van der Waals surface area contributed by atoms with E-state index in [0.717, 1.165) is 12.8 Å². The summed E-state index contributed by atoms with van der Waals surface area (Å²) in [7, 11) is 1.92. The maximum Gasteiger partial charge on any atom is 0.410 e. The van der Waals surface area contributed by atoms with Gasteiger partial charge in [0, 0.05) is 38.3 Å². The maximum absolute atomic E-state index is 12.4. The van der Waals surface area contributed by atoms with E-state index in [2.05, 4.69) is 9.97 Å². The molecule has 2 heterocycles. The monoisotopic (exact) mass is 387 g/mol. The summed E-state index contributed by atoms with van der Waals surface area (Å²) in [5.41, 5.74) is 0.533. The van der Waals surface area contributed by atoms with Gasteiger partial charge in [-0.2, -0.15) is 0 Å². The lowest BCUT2D eigenvalue weighted by Gasteiger charge is -2.38. The van der Waals surface area contributed by atoms with Crippen molar-refractivity contribution in [2.45, 2.75) is 45.3 Å². The zero-order valence-corrected chi connectivity index (χ0v) is 16.6. The van der Waals surface area contributed by atoms with Crippen LogP contribution < -0.4 is 4.90 Å². The first-order chi connectivity index (χ1) is 13.1. The Hall–Kier alpha value is -2.97. The van der Waals surface area contributed by atoms with E-state index in [-0.39, 0.29) is 17.8 Å². The molecule has 150 valence electrons. The normalized spacial score (nSPS) is 17.4. The van der Waals surface area contributed by atoms with E-state index in [4.69, 9.17) is 4.74 Å². The Bertz CT molecular complexity index is 896. The zero-order chi connectivity index (χ0) is 20.5. The third-order valence-corrected chi connectivity index (χ3v) is 4.68. The Morgan fingerprint density at radius 3 is 2.79 bits per heavy atom. The number of aromatic nitrogens is 2. The molecule has 3 rings (SSSR count). The summed E-state index contributed by atoms with van der Waals surface area (Å²) in [5, 5.41) is 10.9. The third-order valence-electron chi connectivity index (χ3n) is 4.68. The fraction of sp³-hybridized carbons (Fsp3) is 0.526. The van der Waals surface area contributed by atoms with Crippen LogP contribution in [0.25, 0.3) is 11.0 Å². The molecule has 1 fully saturated rings. The molecule has 0 spiro atoms. The molecule has 0 N–H and O–H groups in total. The van der Waals surface area contributed by atoms with E-state index in [9.17, 15) is 14.9 Å². The molecule has 2 aromatic rings. The summed E-state index contributed by atoms with van der Waals surface area (Å²) in [6, 6.07) is 4.53. The number of benzene rings is 1. The van der Waals surface area contributed by atoms with E-state index >= 15 is 0 Å². The number of hydrogen-bond acceptors (Lipinski definition) is 7. The predicted octanol–water partition coefficient (Wildman–Crippen LogP) is 3.37. The van der Waals surface area contributed by atoms with E-state index < -0.39 is 10.5 Å². The fourth-order valence-electron chi connectivity index (χ4n) is 3.22. The molecule has 9 heteroatoms. The highest BCUT2D eigenvalue weighted by molar-refractivity contribution is 5.78. The minimum atomic E-state index is -0.525. The molecule has 1 aliphatic heterocycles. The molecule has 1 saturated heterocycles. The largest absolute Gasteiger partial charge is 0.444 e. The van der Waals surface area contributed by atoms with Crippen LogP contribution >= 0.6 is 0 Å². The molecule has 1 aromatic carbocycles. The number of likely N-dealkylation sites (tertiary alicyclic amines) is 1. The molecule has 28 heavy (non-hydrogen) atoms. The van der Waals surface area contributed by atoms with E-state index in [1.54, 1.807) is 17.2 Å². The number of amides is 1. The van der Waals surface area contributed by atoms with Crippen molar-refractivity contribution in [3.05, 3.63) is 34.5 Å². The smallest absolute Gasteiger partial charge is 0.410 e. The number of nitro groups is 1. The molecular formula is C19H25N5O4. The van der Waals surface area contributed by atoms with Crippen molar-refractivity contribution in [2.24, 2.45) is 0 Å².